The Morgan fingerprint density at radius 2 is 2.08 bits per heavy atom. The highest BCUT2D eigenvalue weighted by Gasteiger charge is 2.36. The summed E-state index contributed by atoms with van der Waals surface area (Å²) in [5, 5.41) is 6.57. The van der Waals surface area contributed by atoms with Crippen LogP contribution in [0.1, 0.15) is 21.8 Å². The molecule has 1 aliphatic heterocycles. The molecule has 0 spiro atoms. The second-order valence-electron chi connectivity index (χ2n) is 6.52. The average Bonchev–Trinajstić information content (AvgIpc) is 3.26. The Hall–Kier alpha value is -2.67. The summed E-state index contributed by atoms with van der Waals surface area (Å²) < 4.78 is 10.8. The first-order valence-corrected chi connectivity index (χ1v) is 8.63. The molecule has 1 aliphatic rings. The van der Waals surface area contributed by atoms with Crippen LogP contribution in [-0.4, -0.2) is 54.7 Å². The number of rotatable bonds is 6. The third-order valence-electron chi connectivity index (χ3n) is 4.61. The van der Waals surface area contributed by atoms with Crippen molar-refractivity contribution >= 4 is 11.8 Å². The summed E-state index contributed by atoms with van der Waals surface area (Å²) in [6.45, 7) is 2.92. The molecule has 2 aromatic rings. The second-order valence-corrected chi connectivity index (χ2v) is 6.52. The molecule has 2 heterocycles. The Morgan fingerprint density at radius 3 is 2.73 bits per heavy atom. The highest BCUT2D eigenvalue weighted by atomic mass is 16.5. The van der Waals surface area contributed by atoms with E-state index in [1.165, 1.54) is 0 Å². The molecule has 138 valence electrons. The molecule has 0 saturated carbocycles. The van der Waals surface area contributed by atoms with Crippen molar-refractivity contribution in [3.63, 3.8) is 0 Å². The number of nitrogens with one attached hydrogen (secondary N) is 1. The van der Waals surface area contributed by atoms with Gasteiger partial charge in [-0.25, -0.2) is 0 Å². The van der Waals surface area contributed by atoms with E-state index in [9.17, 15) is 9.59 Å². The molecule has 1 fully saturated rings. The lowest BCUT2D eigenvalue weighted by atomic mass is 10.0. The summed E-state index contributed by atoms with van der Waals surface area (Å²) in [5.41, 5.74) is 1.37. The number of aryl methyl sites for hydroxylation is 1. The van der Waals surface area contributed by atoms with Gasteiger partial charge in [0.15, 0.2) is 0 Å². The molecule has 1 aromatic carbocycles. The van der Waals surface area contributed by atoms with E-state index in [2.05, 4.69) is 10.5 Å². The molecule has 26 heavy (non-hydrogen) atoms. The van der Waals surface area contributed by atoms with Crippen molar-refractivity contribution in [2.24, 2.45) is 5.92 Å². The molecule has 2 atom stereocenters. The van der Waals surface area contributed by atoms with Crippen molar-refractivity contribution < 1.29 is 18.8 Å². The number of hydrogen-bond acceptors (Lipinski definition) is 5. The topological polar surface area (TPSA) is 84.7 Å². The highest BCUT2D eigenvalue weighted by Crippen LogP contribution is 2.24. The van der Waals surface area contributed by atoms with Crippen LogP contribution in [0.25, 0.3) is 0 Å². The smallest absolute Gasteiger partial charge is 0.251 e. The summed E-state index contributed by atoms with van der Waals surface area (Å²) in [6, 6.07) is 10.7. The number of nitrogens with zero attached hydrogens (tertiary/aromatic N) is 2. The van der Waals surface area contributed by atoms with Gasteiger partial charge in [-0.2, -0.15) is 0 Å². The molecule has 0 bridgehead atoms. The van der Waals surface area contributed by atoms with Crippen LogP contribution in [0.2, 0.25) is 0 Å². The van der Waals surface area contributed by atoms with E-state index in [-0.39, 0.29) is 30.4 Å². The molecule has 7 heteroatoms. The van der Waals surface area contributed by atoms with Crippen LogP contribution < -0.4 is 5.32 Å². The summed E-state index contributed by atoms with van der Waals surface area (Å²) in [7, 11) is 1.65. The quantitative estimate of drug-likeness (QED) is 0.845. The summed E-state index contributed by atoms with van der Waals surface area (Å²) in [5.74, 6) is 0.560. The van der Waals surface area contributed by atoms with E-state index < -0.39 is 0 Å². The van der Waals surface area contributed by atoms with Crippen molar-refractivity contribution in [2.45, 2.75) is 19.4 Å². The molecule has 1 saturated heterocycles. The molecular formula is C19H23N3O4. The van der Waals surface area contributed by atoms with Gasteiger partial charge in [-0.05, 0) is 19.1 Å². The van der Waals surface area contributed by atoms with Gasteiger partial charge in [0.05, 0.1) is 18.3 Å². The van der Waals surface area contributed by atoms with Crippen molar-refractivity contribution in [1.29, 1.82) is 0 Å². The van der Waals surface area contributed by atoms with Gasteiger partial charge in [0, 0.05) is 44.2 Å². The fourth-order valence-corrected chi connectivity index (χ4v) is 3.24. The lowest BCUT2D eigenvalue weighted by Crippen LogP contribution is -2.39. The molecule has 1 aromatic heterocycles. The fourth-order valence-electron chi connectivity index (χ4n) is 3.24. The minimum absolute atomic E-state index is 0.0295. The Balaban J connectivity index is 1.54. The van der Waals surface area contributed by atoms with E-state index in [0.717, 1.165) is 11.5 Å². The van der Waals surface area contributed by atoms with Gasteiger partial charge in [-0.15, -0.1) is 0 Å². The number of aromatic nitrogens is 1. The molecule has 0 aliphatic carbocycles. The zero-order chi connectivity index (χ0) is 18.5. The monoisotopic (exact) mass is 357 g/mol. The summed E-state index contributed by atoms with van der Waals surface area (Å²) in [6.07, 6.45) is 0.605. The zero-order valence-electron chi connectivity index (χ0n) is 15.0. The van der Waals surface area contributed by atoms with Gasteiger partial charge in [0.25, 0.3) is 5.91 Å². The Labute approximate surface area is 152 Å². The molecule has 1 N–H and O–H groups in total. The lowest BCUT2D eigenvalue weighted by Gasteiger charge is -2.16. The number of carbonyl (C=O) groups is 2. The predicted molar refractivity (Wildman–Crippen MR) is 94.6 cm³/mol. The number of carbonyl (C=O) groups excluding carboxylic acids is 2. The maximum absolute atomic E-state index is 12.5. The second kappa shape index (κ2) is 8.14. The molecular weight excluding hydrogens is 334 g/mol. The van der Waals surface area contributed by atoms with E-state index >= 15 is 0 Å². The van der Waals surface area contributed by atoms with Crippen LogP contribution in [0, 0.1) is 12.8 Å². The van der Waals surface area contributed by atoms with Crippen LogP contribution in [-0.2, 0) is 16.0 Å². The summed E-state index contributed by atoms with van der Waals surface area (Å²) >= 11 is 0. The van der Waals surface area contributed by atoms with E-state index in [4.69, 9.17) is 9.26 Å². The van der Waals surface area contributed by atoms with Crippen molar-refractivity contribution in [1.82, 2.24) is 15.4 Å². The number of benzene rings is 1. The maximum atomic E-state index is 12.5. The maximum Gasteiger partial charge on any atom is 0.251 e. The Bertz CT molecular complexity index is 759. The number of likely N-dealkylation sites (tertiary alicyclic amines) is 1. The third-order valence-corrected chi connectivity index (χ3v) is 4.61. The number of methoxy groups -OCH3 is 1. The summed E-state index contributed by atoms with van der Waals surface area (Å²) in [4.78, 5) is 26.3. The molecule has 3 rings (SSSR count). The van der Waals surface area contributed by atoms with Crippen molar-refractivity contribution in [3.8, 4) is 0 Å². The van der Waals surface area contributed by atoms with Gasteiger partial charge in [0.1, 0.15) is 5.76 Å². The highest BCUT2D eigenvalue weighted by molar-refractivity contribution is 5.96. The van der Waals surface area contributed by atoms with Gasteiger partial charge in [-0.3, -0.25) is 9.59 Å². The van der Waals surface area contributed by atoms with Crippen LogP contribution in [0.4, 0.5) is 0 Å². The minimum Gasteiger partial charge on any atom is -0.379 e. The van der Waals surface area contributed by atoms with Gasteiger partial charge >= 0.3 is 0 Å². The predicted octanol–water partition coefficient (Wildman–Crippen LogP) is 1.43. The number of hydrogen-bond donors (Lipinski definition) is 1. The first-order valence-electron chi connectivity index (χ1n) is 8.63. The van der Waals surface area contributed by atoms with Crippen LogP contribution in [0.3, 0.4) is 0 Å². The Morgan fingerprint density at radius 1 is 1.31 bits per heavy atom. The molecule has 0 radical (unpaired) electrons. The Kier molecular flexibility index (Phi) is 5.68. The van der Waals surface area contributed by atoms with Crippen molar-refractivity contribution in [2.75, 3.05) is 26.7 Å². The van der Waals surface area contributed by atoms with E-state index in [1.54, 1.807) is 36.3 Å². The molecule has 2 amide bonds. The van der Waals surface area contributed by atoms with Crippen LogP contribution in [0.15, 0.2) is 40.9 Å². The van der Waals surface area contributed by atoms with Gasteiger partial charge in [-0.1, -0.05) is 23.4 Å². The first-order chi connectivity index (χ1) is 12.6. The minimum atomic E-state index is -0.255. The average molecular weight is 357 g/mol. The van der Waals surface area contributed by atoms with Crippen molar-refractivity contribution in [3.05, 3.63) is 53.4 Å². The number of amides is 2. The lowest BCUT2D eigenvalue weighted by molar-refractivity contribution is -0.129. The van der Waals surface area contributed by atoms with Crippen LogP contribution in [0.5, 0.6) is 0 Å². The molecule has 7 nitrogen and oxygen atoms in total. The standard InChI is InChI=1S/C19H23N3O4/c1-13-8-16(26-21-13)9-15-11-22(12-17(15)25-2)18(23)10-20-19(24)14-6-4-3-5-7-14/h3-8,15,17H,9-12H2,1-2H3,(H,20,24)/t15-,17+/m1/s1. The number of ether oxygens (including phenoxy) is 1. The normalized spacial score (nSPS) is 19.5. The third kappa shape index (κ3) is 4.29. The van der Waals surface area contributed by atoms with E-state index in [1.807, 2.05) is 19.1 Å². The first kappa shape index (κ1) is 18.1. The SMILES string of the molecule is CO[C@H]1CN(C(=O)CNC(=O)c2ccccc2)C[C@H]1Cc1cc(C)no1. The zero-order valence-corrected chi connectivity index (χ0v) is 15.0. The largest absolute Gasteiger partial charge is 0.379 e. The van der Waals surface area contributed by atoms with Gasteiger partial charge < -0.3 is 19.5 Å². The van der Waals surface area contributed by atoms with Crippen LogP contribution >= 0.6 is 0 Å². The van der Waals surface area contributed by atoms with E-state index in [0.29, 0.717) is 25.1 Å². The molecule has 0 unspecified atom stereocenters. The fraction of sp³-hybridized carbons (Fsp3) is 0.421. The van der Waals surface area contributed by atoms with Gasteiger partial charge in [0.2, 0.25) is 5.91 Å².